The first kappa shape index (κ1) is 11.0. The zero-order chi connectivity index (χ0) is 12.5. The smallest absolute Gasteiger partial charge is 0.311 e. The van der Waals surface area contributed by atoms with Crippen LogP contribution >= 0.6 is 0 Å². The van der Waals surface area contributed by atoms with Crippen molar-refractivity contribution in [3.05, 3.63) is 24.7 Å². The molecule has 1 fully saturated rings. The van der Waals surface area contributed by atoms with Gasteiger partial charge in [-0.3, -0.25) is 4.79 Å². The van der Waals surface area contributed by atoms with E-state index in [1.807, 2.05) is 6.07 Å². The molecule has 0 saturated carbocycles. The van der Waals surface area contributed by atoms with E-state index in [-0.39, 0.29) is 12.6 Å². The van der Waals surface area contributed by atoms with Crippen molar-refractivity contribution in [1.82, 2.24) is 14.6 Å². The van der Waals surface area contributed by atoms with Crippen molar-refractivity contribution in [2.45, 2.75) is 6.04 Å². The van der Waals surface area contributed by atoms with E-state index in [2.05, 4.69) is 15.4 Å². The van der Waals surface area contributed by atoms with Crippen LogP contribution < -0.4 is 5.32 Å². The minimum absolute atomic E-state index is 0.232. The molecule has 2 atom stereocenters. The van der Waals surface area contributed by atoms with Gasteiger partial charge in [0.2, 0.25) is 0 Å². The summed E-state index contributed by atoms with van der Waals surface area (Å²) in [6.07, 6.45) is 5.02. The van der Waals surface area contributed by atoms with Gasteiger partial charge in [-0.15, -0.1) is 0 Å². The number of carboxylic acid groups (broad SMARTS) is 1. The van der Waals surface area contributed by atoms with Crippen LogP contribution in [0.2, 0.25) is 0 Å². The van der Waals surface area contributed by atoms with Crippen LogP contribution in [0.5, 0.6) is 0 Å². The summed E-state index contributed by atoms with van der Waals surface area (Å²) >= 11 is 0. The van der Waals surface area contributed by atoms with Crippen molar-refractivity contribution in [3.63, 3.8) is 0 Å². The van der Waals surface area contributed by atoms with Crippen molar-refractivity contribution in [2.75, 3.05) is 18.5 Å². The monoisotopic (exact) mass is 248 g/mol. The second kappa shape index (κ2) is 4.26. The molecule has 0 aromatic carbocycles. The average Bonchev–Trinajstić information content (AvgIpc) is 2.96. The molecular weight excluding hydrogens is 236 g/mol. The molecule has 1 saturated heterocycles. The van der Waals surface area contributed by atoms with Crippen molar-refractivity contribution in [2.24, 2.45) is 5.92 Å². The van der Waals surface area contributed by atoms with Gasteiger partial charge in [0.25, 0.3) is 0 Å². The molecule has 7 nitrogen and oxygen atoms in total. The Hall–Kier alpha value is -2.15. The molecule has 2 N–H and O–H groups in total. The first-order valence-electron chi connectivity index (χ1n) is 5.61. The number of carboxylic acids is 1. The third-order valence-corrected chi connectivity index (χ3v) is 3.04. The van der Waals surface area contributed by atoms with E-state index in [0.717, 1.165) is 5.52 Å². The van der Waals surface area contributed by atoms with Crippen LogP contribution in [0.4, 0.5) is 5.82 Å². The zero-order valence-corrected chi connectivity index (χ0v) is 9.48. The van der Waals surface area contributed by atoms with Gasteiger partial charge >= 0.3 is 5.97 Å². The van der Waals surface area contributed by atoms with Gasteiger partial charge in [-0.2, -0.15) is 5.10 Å². The van der Waals surface area contributed by atoms with E-state index in [0.29, 0.717) is 12.4 Å². The predicted octanol–water partition coefficient (Wildman–Crippen LogP) is 0.241. The summed E-state index contributed by atoms with van der Waals surface area (Å²) in [6.45, 7) is 0.600. The number of fused-ring (bicyclic) bond motifs is 1. The van der Waals surface area contributed by atoms with Crippen molar-refractivity contribution < 1.29 is 14.6 Å². The number of aliphatic carboxylic acids is 1. The Morgan fingerprint density at radius 2 is 2.39 bits per heavy atom. The second-order valence-corrected chi connectivity index (χ2v) is 4.17. The minimum atomic E-state index is -0.856. The minimum Gasteiger partial charge on any atom is -0.481 e. The summed E-state index contributed by atoms with van der Waals surface area (Å²) in [7, 11) is 0. The van der Waals surface area contributed by atoms with E-state index >= 15 is 0 Å². The lowest BCUT2D eigenvalue weighted by Crippen LogP contribution is -2.33. The number of hydrogen-bond donors (Lipinski definition) is 2. The standard InChI is InChI=1S/C11H12N4O3/c16-11(17)7-5-18-6-8(7)14-10-9-1-2-13-15(9)4-3-12-10/h1-4,7-8H,5-6H2,(H,12,14)(H,16,17). The summed E-state index contributed by atoms with van der Waals surface area (Å²) in [5, 5.41) is 16.3. The van der Waals surface area contributed by atoms with Crippen molar-refractivity contribution in [1.29, 1.82) is 0 Å². The second-order valence-electron chi connectivity index (χ2n) is 4.17. The van der Waals surface area contributed by atoms with Crippen LogP contribution in [-0.4, -0.2) is 44.9 Å². The predicted molar refractivity (Wildman–Crippen MR) is 62.3 cm³/mol. The third kappa shape index (κ3) is 1.78. The average molecular weight is 248 g/mol. The first-order valence-corrected chi connectivity index (χ1v) is 5.61. The van der Waals surface area contributed by atoms with E-state index in [4.69, 9.17) is 9.84 Å². The number of aromatic nitrogens is 3. The van der Waals surface area contributed by atoms with Gasteiger partial charge in [0.15, 0.2) is 5.82 Å². The highest BCUT2D eigenvalue weighted by atomic mass is 16.5. The normalized spacial score (nSPS) is 23.3. The fraction of sp³-hybridized carbons (Fsp3) is 0.364. The molecule has 2 aromatic heterocycles. The quantitative estimate of drug-likeness (QED) is 0.809. The highest BCUT2D eigenvalue weighted by Crippen LogP contribution is 2.20. The molecule has 0 spiro atoms. The van der Waals surface area contributed by atoms with E-state index in [9.17, 15) is 4.79 Å². The Morgan fingerprint density at radius 1 is 1.50 bits per heavy atom. The molecule has 18 heavy (non-hydrogen) atoms. The number of carbonyl (C=O) groups is 1. The van der Waals surface area contributed by atoms with Gasteiger partial charge in [-0.25, -0.2) is 9.50 Å². The Morgan fingerprint density at radius 3 is 3.22 bits per heavy atom. The first-order chi connectivity index (χ1) is 8.75. The molecule has 2 unspecified atom stereocenters. The lowest BCUT2D eigenvalue weighted by atomic mass is 10.0. The summed E-state index contributed by atoms with van der Waals surface area (Å²) < 4.78 is 6.88. The van der Waals surface area contributed by atoms with Gasteiger partial charge in [0, 0.05) is 12.4 Å². The number of hydrogen-bond acceptors (Lipinski definition) is 5. The lowest BCUT2D eigenvalue weighted by molar-refractivity contribution is -0.141. The maximum Gasteiger partial charge on any atom is 0.311 e. The molecule has 3 rings (SSSR count). The van der Waals surface area contributed by atoms with Crippen molar-refractivity contribution in [3.8, 4) is 0 Å². The highest BCUT2D eigenvalue weighted by molar-refractivity contribution is 5.73. The molecule has 0 amide bonds. The number of anilines is 1. The van der Waals surface area contributed by atoms with Gasteiger partial charge in [0.05, 0.1) is 25.5 Å². The Kier molecular flexibility index (Phi) is 2.60. The Bertz CT molecular complexity index is 582. The molecule has 3 heterocycles. The molecule has 94 valence electrons. The SMILES string of the molecule is O=C(O)C1COCC1Nc1nccn2nccc12. The summed E-state index contributed by atoms with van der Waals surface area (Å²) in [6, 6.07) is 1.55. The maximum atomic E-state index is 11.1. The molecular formula is C11H12N4O3. The fourth-order valence-electron chi connectivity index (χ4n) is 2.08. The zero-order valence-electron chi connectivity index (χ0n) is 9.48. The molecule has 0 radical (unpaired) electrons. The number of ether oxygens (including phenoxy) is 1. The Labute approximate surface area is 102 Å². The number of nitrogens with zero attached hydrogens (tertiary/aromatic N) is 3. The van der Waals surface area contributed by atoms with Gasteiger partial charge in [0.1, 0.15) is 11.4 Å². The fourth-order valence-corrected chi connectivity index (χ4v) is 2.08. The number of rotatable bonds is 3. The largest absolute Gasteiger partial charge is 0.481 e. The van der Waals surface area contributed by atoms with Crippen LogP contribution in [0.25, 0.3) is 5.52 Å². The third-order valence-electron chi connectivity index (χ3n) is 3.04. The van der Waals surface area contributed by atoms with Gasteiger partial charge in [-0.05, 0) is 6.07 Å². The van der Waals surface area contributed by atoms with E-state index in [1.165, 1.54) is 0 Å². The van der Waals surface area contributed by atoms with Gasteiger partial charge < -0.3 is 15.2 Å². The highest BCUT2D eigenvalue weighted by Gasteiger charge is 2.34. The molecule has 7 heteroatoms. The summed E-state index contributed by atoms with van der Waals surface area (Å²) in [5.41, 5.74) is 0.813. The van der Waals surface area contributed by atoms with E-state index in [1.54, 1.807) is 23.1 Å². The van der Waals surface area contributed by atoms with Crippen LogP contribution in [0.3, 0.4) is 0 Å². The molecule has 1 aliphatic heterocycles. The molecule has 0 aliphatic carbocycles. The van der Waals surface area contributed by atoms with Crippen molar-refractivity contribution >= 4 is 17.3 Å². The molecule has 0 bridgehead atoms. The van der Waals surface area contributed by atoms with Crippen LogP contribution in [0.15, 0.2) is 24.7 Å². The lowest BCUT2D eigenvalue weighted by Gasteiger charge is -2.16. The summed E-state index contributed by atoms with van der Waals surface area (Å²) in [4.78, 5) is 15.3. The maximum absolute atomic E-state index is 11.1. The van der Waals surface area contributed by atoms with Crippen LogP contribution in [-0.2, 0) is 9.53 Å². The van der Waals surface area contributed by atoms with Crippen LogP contribution in [0, 0.1) is 5.92 Å². The number of nitrogens with one attached hydrogen (secondary N) is 1. The Balaban J connectivity index is 1.88. The molecule has 1 aliphatic rings. The topological polar surface area (TPSA) is 88.8 Å². The van der Waals surface area contributed by atoms with Gasteiger partial charge in [-0.1, -0.05) is 0 Å². The molecule has 2 aromatic rings. The summed E-state index contributed by atoms with van der Waals surface area (Å²) in [5.74, 6) is -0.780. The van der Waals surface area contributed by atoms with Crippen LogP contribution in [0.1, 0.15) is 0 Å². The van der Waals surface area contributed by atoms with E-state index < -0.39 is 11.9 Å².